The monoisotopic (exact) mass is 314 g/mol. The van der Waals surface area contributed by atoms with Gasteiger partial charge in [-0.2, -0.15) is 10.2 Å². The Kier molecular flexibility index (Phi) is 3.66. The number of aromatic nitrogens is 4. The topological polar surface area (TPSA) is 68.0 Å². The second-order valence-electron chi connectivity index (χ2n) is 5.26. The molecule has 0 radical (unpaired) electrons. The van der Waals surface area contributed by atoms with Gasteiger partial charge in [0, 0.05) is 23.2 Å². The Morgan fingerprint density at radius 2 is 2.00 bits per heavy atom. The standard InChI is InChI=1S/C15H18N6S/c1-8-11(4)22-15-13(8)14(16-7-17-15)19-18-6-12-9(2)20-21(5)10(12)3/h6-7H,1-5H3,(H,16,17,19)/b18-6-. The first-order valence-electron chi connectivity index (χ1n) is 6.99. The van der Waals surface area contributed by atoms with Crippen LogP contribution in [-0.2, 0) is 7.05 Å². The average Bonchev–Trinajstić information content (AvgIpc) is 2.90. The van der Waals surface area contributed by atoms with E-state index in [1.807, 2.05) is 25.6 Å². The van der Waals surface area contributed by atoms with Gasteiger partial charge in [0.15, 0.2) is 5.82 Å². The molecule has 22 heavy (non-hydrogen) atoms. The Hall–Kier alpha value is -2.28. The number of rotatable bonds is 3. The van der Waals surface area contributed by atoms with E-state index in [4.69, 9.17) is 0 Å². The Morgan fingerprint density at radius 3 is 2.68 bits per heavy atom. The molecule has 0 saturated carbocycles. The summed E-state index contributed by atoms with van der Waals surface area (Å²) in [5.41, 5.74) is 7.31. The van der Waals surface area contributed by atoms with Crippen LogP contribution in [0, 0.1) is 27.7 Å². The van der Waals surface area contributed by atoms with Crippen molar-refractivity contribution in [2.45, 2.75) is 27.7 Å². The number of hydrogen-bond acceptors (Lipinski definition) is 6. The molecular weight excluding hydrogens is 296 g/mol. The van der Waals surface area contributed by atoms with Crippen molar-refractivity contribution in [2.75, 3.05) is 5.43 Å². The Morgan fingerprint density at radius 1 is 1.23 bits per heavy atom. The lowest BCUT2D eigenvalue weighted by molar-refractivity contribution is 0.731. The molecule has 0 unspecified atom stereocenters. The Bertz CT molecular complexity index is 874. The third-order valence-corrected chi connectivity index (χ3v) is 5.01. The molecule has 3 aromatic heterocycles. The van der Waals surface area contributed by atoms with Crippen molar-refractivity contribution in [1.82, 2.24) is 19.7 Å². The summed E-state index contributed by atoms with van der Waals surface area (Å²) >= 11 is 1.67. The lowest BCUT2D eigenvalue weighted by atomic mass is 10.2. The van der Waals surface area contributed by atoms with Gasteiger partial charge in [-0.1, -0.05) is 0 Å². The van der Waals surface area contributed by atoms with Crippen LogP contribution in [-0.4, -0.2) is 26.0 Å². The fourth-order valence-electron chi connectivity index (χ4n) is 2.40. The molecule has 3 aromatic rings. The van der Waals surface area contributed by atoms with Gasteiger partial charge in [0.1, 0.15) is 11.2 Å². The molecule has 0 bridgehead atoms. The average molecular weight is 314 g/mol. The van der Waals surface area contributed by atoms with Gasteiger partial charge in [0.25, 0.3) is 0 Å². The maximum Gasteiger partial charge on any atom is 0.158 e. The van der Waals surface area contributed by atoms with E-state index in [0.717, 1.165) is 33.0 Å². The highest BCUT2D eigenvalue weighted by Crippen LogP contribution is 2.32. The van der Waals surface area contributed by atoms with E-state index >= 15 is 0 Å². The lowest BCUT2D eigenvalue weighted by Crippen LogP contribution is -1.97. The fourth-order valence-corrected chi connectivity index (χ4v) is 3.40. The van der Waals surface area contributed by atoms with Crippen molar-refractivity contribution < 1.29 is 0 Å². The molecule has 0 aliphatic heterocycles. The van der Waals surface area contributed by atoms with E-state index in [0.29, 0.717) is 0 Å². The van der Waals surface area contributed by atoms with Crippen molar-refractivity contribution in [2.24, 2.45) is 12.1 Å². The van der Waals surface area contributed by atoms with Crippen LogP contribution < -0.4 is 5.43 Å². The van der Waals surface area contributed by atoms with Crippen LogP contribution in [0.4, 0.5) is 5.82 Å². The fraction of sp³-hybridized carbons (Fsp3) is 0.333. The zero-order valence-electron chi connectivity index (χ0n) is 13.3. The van der Waals surface area contributed by atoms with E-state index in [9.17, 15) is 0 Å². The number of nitrogens with one attached hydrogen (secondary N) is 1. The first kappa shape index (κ1) is 14.6. The molecule has 0 aromatic carbocycles. The third kappa shape index (κ3) is 2.37. The number of nitrogens with zero attached hydrogens (tertiary/aromatic N) is 5. The molecule has 0 aliphatic rings. The van der Waals surface area contributed by atoms with Crippen molar-refractivity contribution >= 4 is 33.6 Å². The minimum atomic E-state index is 0.738. The number of aryl methyl sites for hydroxylation is 4. The summed E-state index contributed by atoms with van der Waals surface area (Å²) in [6.07, 6.45) is 3.36. The van der Waals surface area contributed by atoms with Gasteiger partial charge in [-0.15, -0.1) is 11.3 Å². The molecule has 7 heteroatoms. The van der Waals surface area contributed by atoms with Gasteiger partial charge < -0.3 is 0 Å². The van der Waals surface area contributed by atoms with Gasteiger partial charge in [-0.05, 0) is 33.3 Å². The Labute approximate surface area is 132 Å². The van der Waals surface area contributed by atoms with Crippen molar-refractivity contribution in [3.8, 4) is 0 Å². The maximum absolute atomic E-state index is 4.38. The van der Waals surface area contributed by atoms with E-state index in [1.165, 1.54) is 10.4 Å². The van der Waals surface area contributed by atoms with Crippen molar-refractivity contribution in [3.63, 3.8) is 0 Å². The first-order valence-corrected chi connectivity index (χ1v) is 7.80. The zero-order chi connectivity index (χ0) is 15.9. The molecule has 3 rings (SSSR count). The van der Waals surface area contributed by atoms with Crippen LogP contribution in [0.25, 0.3) is 10.2 Å². The molecule has 0 fully saturated rings. The highest BCUT2D eigenvalue weighted by atomic mass is 32.1. The summed E-state index contributed by atoms with van der Waals surface area (Å²) in [5.74, 6) is 0.738. The minimum Gasteiger partial charge on any atom is -0.272 e. The summed E-state index contributed by atoms with van der Waals surface area (Å²) in [7, 11) is 1.93. The third-order valence-electron chi connectivity index (χ3n) is 3.89. The molecule has 0 saturated heterocycles. The molecule has 0 atom stereocenters. The highest BCUT2D eigenvalue weighted by Gasteiger charge is 2.11. The maximum atomic E-state index is 4.38. The summed E-state index contributed by atoms with van der Waals surface area (Å²) in [4.78, 5) is 10.9. The van der Waals surface area contributed by atoms with Gasteiger partial charge in [-0.25, -0.2) is 9.97 Å². The number of anilines is 1. The molecule has 3 heterocycles. The van der Waals surface area contributed by atoms with Crippen LogP contribution in [0.3, 0.4) is 0 Å². The van der Waals surface area contributed by atoms with Gasteiger partial charge in [0.05, 0.1) is 17.3 Å². The predicted octanol–water partition coefficient (Wildman–Crippen LogP) is 3.10. The van der Waals surface area contributed by atoms with Crippen LogP contribution in [0.5, 0.6) is 0 Å². The first-order chi connectivity index (χ1) is 10.5. The molecule has 6 nitrogen and oxygen atoms in total. The van der Waals surface area contributed by atoms with Crippen LogP contribution in [0.1, 0.15) is 27.4 Å². The molecule has 114 valence electrons. The second kappa shape index (κ2) is 5.49. The number of fused-ring (bicyclic) bond motifs is 1. The summed E-state index contributed by atoms with van der Waals surface area (Å²) in [5, 5.41) is 9.75. The number of thiophene rings is 1. The summed E-state index contributed by atoms with van der Waals surface area (Å²) in [6, 6.07) is 0. The summed E-state index contributed by atoms with van der Waals surface area (Å²) in [6.45, 7) is 8.18. The largest absolute Gasteiger partial charge is 0.272 e. The van der Waals surface area contributed by atoms with E-state index < -0.39 is 0 Å². The van der Waals surface area contributed by atoms with Crippen LogP contribution in [0.2, 0.25) is 0 Å². The quantitative estimate of drug-likeness (QED) is 0.596. The van der Waals surface area contributed by atoms with Gasteiger partial charge in [0.2, 0.25) is 0 Å². The smallest absolute Gasteiger partial charge is 0.158 e. The van der Waals surface area contributed by atoms with Crippen molar-refractivity contribution in [3.05, 3.63) is 33.7 Å². The zero-order valence-corrected chi connectivity index (χ0v) is 14.1. The predicted molar refractivity (Wildman–Crippen MR) is 90.8 cm³/mol. The SMILES string of the molecule is Cc1nn(C)c(C)c1/C=N\Nc1ncnc2sc(C)c(C)c12. The lowest BCUT2D eigenvalue weighted by Gasteiger charge is -2.02. The second-order valence-corrected chi connectivity index (χ2v) is 6.47. The normalized spacial score (nSPS) is 11.7. The molecule has 0 spiro atoms. The molecular formula is C15H18N6S. The molecule has 0 amide bonds. The number of hydrogen-bond donors (Lipinski definition) is 1. The number of hydrazone groups is 1. The minimum absolute atomic E-state index is 0.738. The van der Waals surface area contributed by atoms with E-state index in [-0.39, 0.29) is 0 Å². The Balaban J connectivity index is 1.93. The molecule has 1 N–H and O–H groups in total. The summed E-state index contributed by atoms with van der Waals surface area (Å²) < 4.78 is 1.85. The van der Waals surface area contributed by atoms with Gasteiger partial charge in [-0.3, -0.25) is 10.1 Å². The van der Waals surface area contributed by atoms with Crippen LogP contribution >= 0.6 is 11.3 Å². The van der Waals surface area contributed by atoms with E-state index in [1.54, 1.807) is 23.9 Å². The van der Waals surface area contributed by atoms with E-state index in [2.05, 4.69) is 39.4 Å². The van der Waals surface area contributed by atoms with Crippen LogP contribution in [0.15, 0.2) is 11.4 Å². The highest BCUT2D eigenvalue weighted by molar-refractivity contribution is 7.18. The molecule has 0 aliphatic carbocycles. The van der Waals surface area contributed by atoms with Crippen molar-refractivity contribution in [1.29, 1.82) is 0 Å². The van der Waals surface area contributed by atoms with Gasteiger partial charge >= 0.3 is 0 Å².